The molecule has 0 saturated heterocycles. The second kappa shape index (κ2) is 33.6. The number of hydrogen-bond acceptors (Lipinski definition) is 11. The van der Waals surface area contributed by atoms with Crippen molar-refractivity contribution in [1.29, 1.82) is 0 Å². The molecule has 0 aromatic heterocycles. The average molecular weight is 1290 g/mol. The Labute approximate surface area is 529 Å². The van der Waals surface area contributed by atoms with Crippen molar-refractivity contribution >= 4 is 18.1 Å². The second-order valence-electron chi connectivity index (χ2n) is 26.1. The number of rotatable bonds is 22. The third-order valence-electron chi connectivity index (χ3n) is 15.6. The van der Waals surface area contributed by atoms with Crippen LogP contribution in [0, 0.1) is 5.41 Å². The molecule has 0 spiro atoms. The smallest absolute Gasteiger partial charge is 0.488 e. The van der Waals surface area contributed by atoms with Gasteiger partial charge in [0.25, 0.3) is 0 Å². The van der Waals surface area contributed by atoms with Crippen molar-refractivity contribution in [2.24, 2.45) is 5.41 Å². The quantitative estimate of drug-likeness (QED) is 0.0323. The summed E-state index contributed by atoms with van der Waals surface area (Å²) in [6.07, 6.45) is -11.9. The highest BCUT2D eigenvalue weighted by molar-refractivity contribution is 5.78. The van der Waals surface area contributed by atoms with E-state index in [-0.39, 0.29) is 40.1 Å². The summed E-state index contributed by atoms with van der Waals surface area (Å²) >= 11 is 0. The van der Waals surface area contributed by atoms with Crippen molar-refractivity contribution in [2.45, 2.75) is 261 Å². The van der Waals surface area contributed by atoms with Gasteiger partial charge in [0, 0.05) is 12.7 Å². The Morgan fingerprint density at radius 2 is 0.778 bits per heavy atom. The molecule has 0 bridgehead atoms. The van der Waals surface area contributed by atoms with E-state index < -0.39 is 77.0 Å². The van der Waals surface area contributed by atoms with Crippen LogP contribution in [0.3, 0.4) is 0 Å². The number of ether oxygens (including phenoxy) is 8. The lowest BCUT2D eigenvalue weighted by molar-refractivity contribution is -0.317. The molecule has 0 aliphatic heterocycles. The fourth-order valence-corrected chi connectivity index (χ4v) is 7.75. The normalized spacial score (nSPS) is 15.7. The largest absolute Gasteiger partial charge is 0.510 e. The molecule has 0 aliphatic rings. The Balaban J connectivity index is 0.000000602. The average Bonchev–Trinajstić information content (AvgIpc) is 0.825. The highest BCUT2D eigenvalue weighted by Gasteiger charge is 2.58. The van der Waals surface area contributed by atoms with E-state index in [0.717, 1.165) is 75.3 Å². The fraction of sp³-hybridized carbons (Fsp3) is 0.614. The van der Waals surface area contributed by atoms with Gasteiger partial charge in [-0.2, -0.15) is 39.5 Å². The highest BCUT2D eigenvalue weighted by Crippen LogP contribution is 2.46. The Morgan fingerprint density at radius 1 is 0.433 bits per heavy atom. The first-order valence-electron chi connectivity index (χ1n) is 30.5. The van der Waals surface area contributed by atoms with E-state index in [0.29, 0.717) is 11.7 Å². The minimum absolute atomic E-state index is 0.0457. The summed E-state index contributed by atoms with van der Waals surface area (Å²) in [6, 6.07) is 25.7. The molecule has 0 aliphatic carbocycles. The molecule has 0 amide bonds. The number of esters is 2. The molecule has 11 nitrogen and oxygen atoms in total. The monoisotopic (exact) mass is 1290 g/mol. The van der Waals surface area contributed by atoms with E-state index in [1.54, 1.807) is 90.1 Å². The number of carbonyl (C=O) groups excluding carboxylic acids is 3. The zero-order valence-electron chi connectivity index (χ0n) is 57.2. The van der Waals surface area contributed by atoms with E-state index in [4.69, 9.17) is 37.9 Å². The van der Waals surface area contributed by atoms with E-state index in [2.05, 4.69) is 6.92 Å². The number of halogens is 9. The summed E-state index contributed by atoms with van der Waals surface area (Å²) in [4.78, 5) is 35.5. The van der Waals surface area contributed by atoms with Crippen LogP contribution in [-0.4, -0.2) is 73.4 Å². The second-order valence-corrected chi connectivity index (χ2v) is 26.1. The minimum Gasteiger partial charge on any atom is -0.488 e. The summed E-state index contributed by atoms with van der Waals surface area (Å²) in [7, 11) is 1.31. The van der Waals surface area contributed by atoms with Gasteiger partial charge in [0.05, 0.1) is 5.41 Å². The maximum Gasteiger partial charge on any atom is 0.510 e. The van der Waals surface area contributed by atoms with Crippen LogP contribution in [0.4, 0.5) is 44.3 Å². The molecule has 0 N–H and O–H groups in total. The predicted molar refractivity (Wildman–Crippen MR) is 333 cm³/mol. The standard InChI is InChI=1S/C19H27F3O3.C18H25F3O3.C17H26O3.C16H23F3O2/c1-7-13(2)14-8-10-15(11-9-14)18(6,19(20,21)22)24-12-16(23)25-17(3,4)5;1-7-12(2)13-8-10-14(11-9-13)17(6,18(19,20)21)24-15(22)23-16(3,4)5;1-7-16(3,4)15(18)19-13-9-11-14(12-10-13)20-17(5,6)8-2;1-6-11(2)13-7-9-14(10-8-13)15(4,16(17,18)19)21-12(3)20-5/h8-11,13H,7,12H2,1-6H3;8-12H,7H2,1-6H3;9-12H,7-8H2,1-6H3;7-12H,6H2,1-5H3. The van der Waals surface area contributed by atoms with Crippen molar-refractivity contribution in [1.82, 2.24) is 0 Å². The first kappa shape index (κ1) is 82.2. The Hall–Kier alpha value is -5.86. The maximum absolute atomic E-state index is 13.6. The van der Waals surface area contributed by atoms with E-state index >= 15 is 0 Å². The number of carbonyl (C=O) groups is 3. The summed E-state index contributed by atoms with van der Waals surface area (Å²) in [5, 5.41) is 0. The third-order valence-corrected chi connectivity index (χ3v) is 15.6. The summed E-state index contributed by atoms with van der Waals surface area (Å²) < 4.78 is 163. The van der Waals surface area contributed by atoms with Gasteiger partial charge in [-0.3, -0.25) is 4.79 Å². The molecule has 0 heterocycles. The Bertz CT molecular complexity index is 2780. The van der Waals surface area contributed by atoms with Gasteiger partial charge in [0.2, 0.25) is 5.60 Å². The zero-order valence-corrected chi connectivity index (χ0v) is 57.2. The maximum atomic E-state index is 13.6. The van der Waals surface area contributed by atoms with Gasteiger partial charge >= 0.3 is 36.6 Å². The van der Waals surface area contributed by atoms with Crippen LogP contribution >= 0.6 is 0 Å². The lowest BCUT2D eigenvalue weighted by Crippen LogP contribution is -2.44. The van der Waals surface area contributed by atoms with Crippen molar-refractivity contribution in [3.63, 3.8) is 0 Å². The predicted octanol–water partition coefficient (Wildman–Crippen LogP) is 20.8. The molecule has 0 fully saturated rings. The lowest BCUT2D eigenvalue weighted by Gasteiger charge is -2.34. The molecule has 0 saturated carbocycles. The topological polar surface area (TPSA) is 125 Å². The molecule has 20 heteroatoms. The van der Waals surface area contributed by atoms with E-state index in [1.165, 1.54) is 50.4 Å². The van der Waals surface area contributed by atoms with Gasteiger partial charge in [-0.25, -0.2) is 9.59 Å². The number of hydrogen-bond donors (Lipinski definition) is 0. The van der Waals surface area contributed by atoms with Crippen molar-refractivity contribution in [2.75, 3.05) is 13.7 Å². The lowest BCUT2D eigenvalue weighted by atomic mass is 9.91. The van der Waals surface area contributed by atoms with Gasteiger partial charge in [-0.1, -0.05) is 128 Å². The molecule has 7 atom stereocenters. The van der Waals surface area contributed by atoms with Gasteiger partial charge in [0.15, 0.2) is 17.5 Å². The van der Waals surface area contributed by atoms with Crippen LogP contribution in [0.15, 0.2) is 97.1 Å². The number of benzene rings is 4. The van der Waals surface area contributed by atoms with E-state index in [1.807, 2.05) is 88.3 Å². The Morgan fingerprint density at radius 3 is 1.09 bits per heavy atom. The molecule has 4 rings (SSSR count). The molecule has 7 unspecified atom stereocenters. The van der Waals surface area contributed by atoms with Gasteiger partial charge in [-0.05, 0) is 199 Å². The number of alkyl halides is 9. The van der Waals surface area contributed by atoms with Crippen molar-refractivity contribution in [3.8, 4) is 11.5 Å². The first-order valence-corrected chi connectivity index (χ1v) is 30.5. The van der Waals surface area contributed by atoms with Crippen LogP contribution in [0.5, 0.6) is 11.5 Å². The SMILES string of the molecule is CCC(C)(C)Oc1ccc(OC(=O)C(C)(C)CC)cc1.CCC(C)c1ccc(C(C)(OC(=O)OC(C)(C)C)C(F)(F)F)cc1.CCC(C)c1ccc(C(C)(OC(C)OC)C(F)(F)F)cc1.CCC(C)c1ccc(C(C)(OCC(=O)OC(C)(C)C)C(F)(F)F)cc1. The van der Waals surface area contributed by atoms with Crippen LogP contribution in [-0.2, 0) is 54.8 Å². The number of methoxy groups -OCH3 is 1. The molecule has 90 heavy (non-hydrogen) atoms. The highest BCUT2D eigenvalue weighted by atomic mass is 19.4. The zero-order chi connectivity index (χ0) is 69.9. The molecule has 4 aromatic rings. The van der Waals surface area contributed by atoms with Gasteiger partial charge < -0.3 is 37.9 Å². The summed E-state index contributed by atoms with van der Waals surface area (Å²) in [6.45, 7) is 37.1. The van der Waals surface area contributed by atoms with Crippen molar-refractivity contribution < 1.29 is 91.8 Å². The summed E-state index contributed by atoms with van der Waals surface area (Å²) in [5.74, 6) is 1.11. The molecular weight excluding hydrogens is 1190 g/mol. The van der Waals surface area contributed by atoms with Crippen LogP contribution in [0.25, 0.3) is 0 Å². The van der Waals surface area contributed by atoms with Crippen LogP contribution in [0.1, 0.15) is 236 Å². The fourth-order valence-electron chi connectivity index (χ4n) is 7.75. The van der Waals surface area contributed by atoms with Crippen LogP contribution in [0.2, 0.25) is 0 Å². The Kier molecular flexibility index (Phi) is 30.7. The minimum atomic E-state index is -4.78. The van der Waals surface area contributed by atoms with E-state index in [9.17, 15) is 53.9 Å². The molecular formula is C70H101F9O11. The first-order chi connectivity index (χ1) is 40.9. The van der Waals surface area contributed by atoms with Crippen LogP contribution < -0.4 is 9.47 Å². The van der Waals surface area contributed by atoms with Gasteiger partial charge in [0.1, 0.15) is 34.9 Å². The molecule has 0 radical (unpaired) electrons. The molecule has 510 valence electrons. The summed E-state index contributed by atoms with van der Waals surface area (Å²) in [5.41, 5.74) is -7.33. The van der Waals surface area contributed by atoms with Gasteiger partial charge in [-0.15, -0.1) is 0 Å². The molecule has 4 aromatic carbocycles. The van der Waals surface area contributed by atoms with Crippen molar-refractivity contribution in [3.05, 3.63) is 130 Å². The third kappa shape index (κ3) is 25.3.